The van der Waals surface area contributed by atoms with E-state index in [-0.39, 0.29) is 27.9 Å². The minimum atomic E-state index is -2.59. The standard InChI is InChI=1S/C30H50N2O6SeSi/c1-28(2,3)36-26(33)31-19-23(25(20-31)39(35)22-15-13-12-14-16-22)24-17-21(38-40(10,11)30(7,8)9)18-32(24)27(34)37-29(4,5)6/h12-16,21,23-25H,17-20H2,1-11H3/t21-,23+,24+,25?,39?/m1/s1. The van der Waals surface area contributed by atoms with Gasteiger partial charge in [-0.1, -0.05) is 0 Å². The van der Waals surface area contributed by atoms with E-state index in [1.807, 2.05) is 71.9 Å². The van der Waals surface area contributed by atoms with E-state index in [2.05, 4.69) is 33.9 Å². The Bertz CT molecular complexity index is 1080. The van der Waals surface area contributed by atoms with E-state index < -0.39 is 45.5 Å². The molecule has 0 aromatic heterocycles. The topological polar surface area (TPSA) is 85.4 Å². The molecule has 226 valence electrons. The molecule has 2 unspecified atom stereocenters. The van der Waals surface area contributed by atoms with Crippen LogP contribution < -0.4 is 4.46 Å². The molecule has 2 aliphatic heterocycles. The summed E-state index contributed by atoms with van der Waals surface area (Å²) in [6.07, 6.45) is -0.349. The molecule has 2 aliphatic rings. The Kier molecular flexibility index (Phi) is 9.72. The number of rotatable bonds is 5. The van der Waals surface area contributed by atoms with E-state index in [9.17, 15) is 13.4 Å². The molecule has 0 spiro atoms. The summed E-state index contributed by atoms with van der Waals surface area (Å²) >= 11 is -2.59. The van der Waals surface area contributed by atoms with Gasteiger partial charge in [-0.3, -0.25) is 0 Å². The number of hydrogen-bond acceptors (Lipinski definition) is 6. The van der Waals surface area contributed by atoms with E-state index in [0.29, 0.717) is 26.1 Å². The molecule has 0 bridgehead atoms. The molecule has 0 saturated carbocycles. The van der Waals surface area contributed by atoms with Crippen molar-refractivity contribution in [3.63, 3.8) is 0 Å². The molecule has 10 heteroatoms. The fraction of sp³-hybridized carbons (Fsp3) is 0.733. The van der Waals surface area contributed by atoms with Gasteiger partial charge in [0.25, 0.3) is 0 Å². The Labute approximate surface area is 246 Å². The van der Waals surface area contributed by atoms with Crippen molar-refractivity contribution in [2.45, 2.75) is 115 Å². The number of amides is 2. The van der Waals surface area contributed by atoms with Gasteiger partial charge < -0.3 is 0 Å². The molecule has 8 nitrogen and oxygen atoms in total. The first kappa shape index (κ1) is 32.8. The first-order valence-corrected chi connectivity index (χ1v) is 19.7. The average molecular weight is 642 g/mol. The van der Waals surface area contributed by atoms with Gasteiger partial charge in [-0.15, -0.1) is 0 Å². The number of ether oxygens (including phenoxy) is 2. The number of carbonyl (C=O) groups is 2. The molecule has 0 aliphatic carbocycles. The van der Waals surface area contributed by atoms with Gasteiger partial charge in [-0.05, 0) is 0 Å². The number of likely N-dealkylation sites (tertiary alicyclic amines) is 2. The summed E-state index contributed by atoms with van der Waals surface area (Å²) in [5.74, 6) is -0.198. The van der Waals surface area contributed by atoms with Crippen LogP contribution in [-0.2, 0) is 17.7 Å². The van der Waals surface area contributed by atoms with Crippen LogP contribution in [0.2, 0.25) is 22.9 Å². The van der Waals surface area contributed by atoms with E-state index >= 15 is 0 Å². The zero-order valence-corrected chi connectivity index (χ0v) is 29.0. The van der Waals surface area contributed by atoms with Crippen LogP contribution >= 0.6 is 0 Å². The van der Waals surface area contributed by atoms with Crippen molar-refractivity contribution in [3.05, 3.63) is 30.3 Å². The molecule has 2 heterocycles. The van der Waals surface area contributed by atoms with Crippen molar-refractivity contribution in [1.82, 2.24) is 9.80 Å². The summed E-state index contributed by atoms with van der Waals surface area (Å²) in [4.78, 5) is 29.9. The molecule has 0 N–H and O–H groups in total. The molecule has 2 fully saturated rings. The van der Waals surface area contributed by atoms with Crippen molar-refractivity contribution in [3.8, 4) is 0 Å². The number of carbonyl (C=O) groups excluding carboxylic acids is 2. The summed E-state index contributed by atoms with van der Waals surface area (Å²) in [7, 11) is -2.12. The quantitative estimate of drug-likeness (QED) is 0.370. The predicted molar refractivity (Wildman–Crippen MR) is 161 cm³/mol. The fourth-order valence-corrected chi connectivity index (χ4v) is 9.91. The van der Waals surface area contributed by atoms with Crippen molar-refractivity contribution in [2.75, 3.05) is 19.6 Å². The first-order chi connectivity index (χ1) is 18.2. The van der Waals surface area contributed by atoms with Gasteiger partial charge in [0.2, 0.25) is 0 Å². The van der Waals surface area contributed by atoms with E-state index in [1.165, 1.54) is 0 Å². The summed E-state index contributed by atoms with van der Waals surface area (Å²) < 4.78 is 33.2. The van der Waals surface area contributed by atoms with Crippen LogP contribution in [0.4, 0.5) is 9.59 Å². The van der Waals surface area contributed by atoms with Gasteiger partial charge in [0.05, 0.1) is 0 Å². The molecule has 1 aromatic rings. The monoisotopic (exact) mass is 642 g/mol. The van der Waals surface area contributed by atoms with Crippen molar-refractivity contribution >= 4 is 38.8 Å². The Morgan fingerprint density at radius 2 is 1.40 bits per heavy atom. The second kappa shape index (κ2) is 11.9. The van der Waals surface area contributed by atoms with Crippen molar-refractivity contribution in [2.24, 2.45) is 5.92 Å². The summed E-state index contributed by atoms with van der Waals surface area (Å²) in [6.45, 7) is 23.3. The van der Waals surface area contributed by atoms with Crippen LogP contribution in [-0.4, -0.2) is 87.1 Å². The Morgan fingerprint density at radius 3 is 1.93 bits per heavy atom. The molecule has 2 saturated heterocycles. The summed E-state index contributed by atoms with van der Waals surface area (Å²) in [5.41, 5.74) is -1.30. The van der Waals surface area contributed by atoms with Crippen LogP contribution in [0.3, 0.4) is 0 Å². The molecule has 1 aromatic carbocycles. The Morgan fingerprint density at radius 1 is 0.850 bits per heavy atom. The summed E-state index contributed by atoms with van der Waals surface area (Å²) in [5, 5.41) is 0.0187. The third-order valence-electron chi connectivity index (χ3n) is 7.91. The Hall–Kier alpha value is -1.74. The molecule has 0 radical (unpaired) electrons. The molecule has 3 rings (SSSR count). The molecule has 5 atom stereocenters. The maximum atomic E-state index is 14.1. The molecular weight excluding hydrogens is 591 g/mol. The van der Waals surface area contributed by atoms with Gasteiger partial charge in [0.1, 0.15) is 0 Å². The second-order valence-electron chi connectivity index (χ2n) is 14.6. The number of hydrogen-bond donors (Lipinski definition) is 0. The number of nitrogens with zero attached hydrogens (tertiary/aromatic N) is 2. The normalized spacial score (nSPS) is 25.2. The molecular formula is C30H50N2O6SeSi. The first-order valence-electron chi connectivity index (χ1n) is 14.3. The van der Waals surface area contributed by atoms with Crippen molar-refractivity contribution < 1.29 is 27.3 Å². The van der Waals surface area contributed by atoms with Crippen LogP contribution in [0.15, 0.2) is 30.3 Å². The zero-order valence-electron chi connectivity index (χ0n) is 26.3. The van der Waals surface area contributed by atoms with E-state index in [1.54, 1.807) is 9.80 Å². The summed E-state index contributed by atoms with van der Waals surface area (Å²) in [6, 6.07) is 9.22. The predicted octanol–water partition coefficient (Wildman–Crippen LogP) is 5.95. The van der Waals surface area contributed by atoms with Gasteiger partial charge in [-0.2, -0.15) is 0 Å². The van der Waals surface area contributed by atoms with Gasteiger partial charge in [0, 0.05) is 0 Å². The number of benzene rings is 1. The van der Waals surface area contributed by atoms with Gasteiger partial charge in [-0.25, -0.2) is 0 Å². The minimum absolute atomic E-state index is 0.0187. The van der Waals surface area contributed by atoms with Crippen LogP contribution in [0, 0.1) is 5.92 Å². The fourth-order valence-electron chi connectivity index (χ4n) is 5.04. The third-order valence-corrected chi connectivity index (χ3v) is 16.2. The van der Waals surface area contributed by atoms with Gasteiger partial charge >= 0.3 is 247 Å². The SMILES string of the molecule is CC(C)(C)OC(=O)N1CC([Se](=O)c2ccccc2)[C@H]([C@@H]2C[C@@H](O[Si](C)(C)C(C)(C)C)CN2C(=O)OC(C)(C)C)C1. The van der Waals surface area contributed by atoms with E-state index in [0.717, 1.165) is 4.46 Å². The van der Waals surface area contributed by atoms with Crippen LogP contribution in [0.25, 0.3) is 0 Å². The third kappa shape index (κ3) is 8.17. The van der Waals surface area contributed by atoms with Gasteiger partial charge in [0.15, 0.2) is 0 Å². The molecule has 2 amide bonds. The van der Waals surface area contributed by atoms with E-state index in [4.69, 9.17) is 13.9 Å². The average Bonchev–Trinajstić information content (AvgIpc) is 3.40. The second-order valence-corrected chi connectivity index (χ2v) is 22.9. The Balaban J connectivity index is 1.98. The molecule has 40 heavy (non-hydrogen) atoms. The zero-order chi connectivity index (χ0) is 30.3. The van der Waals surface area contributed by atoms with Crippen LogP contribution in [0.1, 0.15) is 68.7 Å². The maximum absolute atomic E-state index is 14.1. The van der Waals surface area contributed by atoms with Crippen molar-refractivity contribution in [1.29, 1.82) is 0 Å². The van der Waals surface area contributed by atoms with Crippen LogP contribution in [0.5, 0.6) is 0 Å².